The van der Waals surface area contributed by atoms with E-state index in [0.717, 1.165) is 35.1 Å². The molecule has 15 heteroatoms. The van der Waals surface area contributed by atoms with Gasteiger partial charge in [0.2, 0.25) is 11.1 Å². The number of hydrogen-bond donors (Lipinski definition) is 3. The van der Waals surface area contributed by atoms with Crippen molar-refractivity contribution >= 4 is 58.2 Å². The zero-order valence-corrected chi connectivity index (χ0v) is 22.2. The number of carboxylic acids is 1. The van der Waals surface area contributed by atoms with E-state index >= 15 is 0 Å². The van der Waals surface area contributed by atoms with E-state index in [9.17, 15) is 19.5 Å². The summed E-state index contributed by atoms with van der Waals surface area (Å²) >= 11 is 4.40. The molecule has 5 rings (SSSR count). The fourth-order valence-corrected chi connectivity index (χ4v) is 7.29. The van der Waals surface area contributed by atoms with Crippen LogP contribution in [0, 0.1) is 0 Å². The van der Waals surface area contributed by atoms with Gasteiger partial charge in [-0.2, -0.15) is 0 Å². The number of amides is 2. The van der Waals surface area contributed by atoms with E-state index in [2.05, 4.69) is 31.2 Å². The number of fused-ring (bicyclic) bond motifs is 1. The number of aromatic nitrogens is 4. The van der Waals surface area contributed by atoms with Gasteiger partial charge < -0.3 is 15.7 Å². The summed E-state index contributed by atoms with van der Waals surface area (Å²) in [5.41, 5.74) is 2.57. The standard InChI is InChI=1S/C22H24N8O4S3/c1-29-22(26-27-28-29)37-11-14-10-35-19-16(18(32)30(19)17(14)20(33)34)25-15(31)8-12-2-4-13(5-3-12)9-36-21-23-6-7-24-21/h2-5,16,19H,6-11H2,1H3,(H,23,24)(H,25,31)(H,33,34). The van der Waals surface area contributed by atoms with Crippen molar-refractivity contribution in [3.8, 4) is 0 Å². The third-order valence-corrected chi connectivity index (χ3v) is 9.39. The lowest BCUT2D eigenvalue weighted by atomic mass is 10.0. The monoisotopic (exact) mass is 560 g/mol. The van der Waals surface area contributed by atoms with Crippen LogP contribution in [0.5, 0.6) is 0 Å². The number of carbonyl (C=O) groups is 3. The SMILES string of the molecule is Cn1nnnc1SCC1=C(C(=O)O)N2C(=O)C(NC(=O)Cc3ccc(CSC4=NCCN4)cc3)C2SC1. The second kappa shape index (κ2) is 11.1. The van der Waals surface area contributed by atoms with Crippen LogP contribution in [-0.4, -0.2) is 89.2 Å². The summed E-state index contributed by atoms with van der Waals surface area (Å²) in [7, 11) is 1.70. The fourth-order valence-electron chi connectivity index (χ4n) is 4.08. The van der Waals surface area contributed by atoms with Crippen molar-refractivity contribution in [1.29, 1.82) is 0 Å². The zero-order chi connectivity index (χ0) is 25.9. The summed E-state index contributed by atoms with van der Waals surface area (Å²) in [6, 6.07) is 7.04. The van der Waals surface area contributed by atoms with E-state index in [0.29, 0.717) is 22.2 Å². The molecule has 2 amide bonds. The number of tetrazole rings is 1. The number of thioether (sulfide) groups is 3. The van der Waals surface area contributed by atoms with Crippen LogP contribution in [0.15, 0.2) is 45.7 Å². The van der Waals surface area contributed by atoms with Crippen molar-refractivity contribution in [2.45, 2.75) is 28.7 Å². The number of hydrogen-bond acceptors (Lipinski definition) is 11. The molecular formula is C22H24N8O4S3. The molecule has 2 unspecified atom stereocenters. The summed E-state index contributed by atoms with van der Waals surface area (Å²) in [4.78, 5) is 43.3. The Morgan fingerprint density at radius 3 is 2.68 bits per heavy atom. The molecule has 0 aliphatic carbocycles. The van der Waals surface area contributed by atoms with Crippen LogP contribution in [0.2, 0.25) is 0 Å². The molecule has 1 aromatic carbocycles. The number of carbonyl (C=O) groups excluding carboxylic acids is 2. The van der Waals surface area contributed by atoms with Gasteiger partial charge in [0.25, 0.3) is 5.91 Å². The summed E-state index contributed by atoms with van der Waals surface area (Å²) in [5.74, 6) is -0.288. The Kier molecular flexibility index (Phi) is 7.71. The topological polar surface area (TPSA) is 155 Å². The van der Waals surface area contributed by atoms with Crippen LogP contribution in [0.1, 0.15) is 11.1 Å². The Morgan fingerprint density at radius 2 is 2.00 bits per heavy atom. The molecule has 0 radical (unpaired) electrons. The lowest BCUT2D eigenvalue weighted by Gasteiger charge is -2.49. The fraction of sp³-hybridized carbons (Fsp3) is 0.409. The van der Waals surface area contributed by atoms with Crippen LogP contribution in [0.25, 0.3) is 0 Å². The number of rotatable bonds is 9. The van der Waals surface area contributed by atoms with E-state index in [1.807, 2.05) is 24.3 Å². The number of amidine groups is 1. The molecule has 2 atom stereocenters. The molecular weight excluding hydrogens is 536 g/mol. The summed E-state index contributed by atoms with van der Waals surface area (Å²) < 4.78 is 1.50. The van der Waals surface area contributed by atoms with Gasteiger partial charge in [0.15, 0.2) is 5.17 Å². The summed E-state index contributed by atoms with van der Waals surface area (Å²) in [6.07, 6.45) is 0.137. The average molecular weight is 561 g/mol. The van der Waals surface area contributed by atoms with Crippen LogP contribution in [-0.2, 0) is 33.6 Å². The van der Waals surface area contributed by atoms with Crippen LogP contribution in [0.3, 0.4) is 0 Å². The van der Waals surface area contributed by atoms with Crippen LogP contribution < -0.4 is 10.6 Å². The molecule has 3 N–H and O–H groups in total. The number of aliphatic carboxylic acids is 1. The van der Waals surface area contributed by atoms with Gasteiger partial charge in [0, 0.05) is 30.9 Å². The number of aryl methyl sites for hydroxylation is 1. The van der Waals surface area contributed by atoms with Crippen LogP contribution >= 0.6 is 35.3 Å². The molecule has 12 nitrogen and oxygen atoms in total. The predicted octanol–water partition coefficient (Wildman–Crippen LogP) is 0.476. The van der Waals surface area contributed by atoms with E-state index in [1.54, 1.807) is 18.8 Å². The molecule has 37 heavy (non-hydrogen) atoms. The minimum atomic E-state index is -1.16. The molecule has 2 aromatic rings. The van der Waals surface area contributed by atoms with Crippen molar-refractivity contribution in [3.05, 3.63) is 46.7 Å². The lowest BCUT2D eigenvalue weighted by molar-refractivity contribution is -0.150. The van der Waals surface area contributed by atoms with E-state index in [4.69, 9.17) is 0 Å². The second-order valence-corrected chi connectivity index (χ2v) is 11.5. The third kappa shape index (κ3) is 5.62. The number of aliphatic imine (C=N–C) groups is 1. The van der Waals surface area contributed by atoms with Gasteiger partial charge in [-0.1, -0.05) is 47.8 Å². The Balaban J connectivity index is 1.16. The molecule has 0 saturated carbocycles. The number of β-lactam (4-membered cyclic amide) rings is 1. The maximum atomic E-state index is 12.9. The summed E-state index contributed by atoms with van der Waals surface area (Å²) in [6.45, 7) is 1.69. The van der Waals surface area contributed by atoms with Crippen molar-refractivity contribution in [1.82, 2.24) is 35.7 Å². The van der Waals surface area contributed by atoms with Gasteiger partial charge in [-0.05, 0) is 27.1 Å². The van der Waals surface area contributed by atoms with Crippen molar-refractivity contribution in [2.24, 2.45) is 12.0 Å². The molecule has 1 aromatic heterocycles. The highest BCUT2D eigenvalue weighted by molar-refractivity contribution is 8.13. The van der Waals surface area contributed by atoms with Gasteiger partial charge in [0.05, 0.1) is 13.0 Å². The molecule has 0 spiro atoms. The van der Waals surface area contributed by atoms with E-state index in [1.165, 1.54) is 33.1 Å². The predicted molar refractivity (Wildman–Crippen MR) is 141 cm³/mol. The smallest absolute Gasteiger partial charge is 0.352 e. The van der Waals surface area contributed by atoms with Crippen LogP contribution in [0.4, 0.5) is 0 Å². The van der Waals surface area contributed by atoms with Gasteiger partial charge in [-0.3, -0.25) is 19.5 Å². The highest BCUT2D eigenvalue weighted by Crippen LogP contribution is 2.41. The molecule has 0 bridgehead atoms. The van der Waals surface area contributed by atoms with Gasteiger partial charge in [-0.25, -0.2) is 9.48 Å². The number of carboxylic acid groups (broad SMARTS) is 1. The third-order valence-electron chi connectivity index (χ3n) is 5.93. The number of nitrogens with one attached hydrogen (secondary N) is 2. The Hall–Kier alpha value is -3.04. The Labute approximate surface area is 225 Å². The maximum absolute atomic E-state index is 12.9. The lowest BCUT2D eigenvalue weighted by Crippen LogP contribution is -2.70. The van der Waals surface area contributed by atoms with Gasteiger partial charge in [-0.15, -0.1) is 16.9 Å². The highest BCUT2D eigenvalue weighted by Gasteiger charge is 2.54. The largest absolute Gasteiger partial charge is 0.477 e. The van der Waals surface area contributed by atoms with E-state index < -0.39 is 23.3 Å². The first-order chi connectivity index (χ1) is 17.9. The Morgan fingerprint density at radius 1 is 1.22 bits per heavy atom. The first kappa shape index (κ1) is 25.6. The average Bonchev–Trinajstić information content (AvgIpc) is 3.56. The van der Waals surface area contributed by atoms with Crippen molar-refractivity contribution in [3.63, 3.8) is 0 Å². The molecule has 1 fully saturated rings. The first-order valence-electron chi connectivity index (χ1n) is 11.4. The van der Waals surface area contributed by atoms with Gasteiger partial charge in [0.1, 0.15) is 17.1 Å². The minimum Gasteiger partial charge on any atom is -0.477 e. The molecule has 1 saturated heterocycles. The summed E-state index contributed by atoms with van der Waals surface area (Å²) in [5, 5.41) is 28.2. The number of benzene rings is 1. The molecule has 3 aliphatic rings. The quantitative estimate of drug-likeness (QED) is 0.290. The second-order valence-electron chi connectivity index (χ2n) is 8.48. The first-order valence-corrected chi connectivity index (χ1v) is 14.5. The molecule has 4 heterocycles. The van der Waals surface area contributed by atoms with Gasteiger partial charge >= 0.3 is 5.97 Å². The molecule has 194 valence electrons. The van der Waals surface area contributed by atoms with Crippen molar-refractivity contribution in [2.75, 3.05) is 24.6 Å². The number of nitrogens with zero attached hydrogens (tertiary/aromatic N) is 6. The minimum absolute atomic E-state index is 0.0193. The Bertz CT molecular complexity index is 1280. The maximum Gasteiger partial charge on any atom is 0.352 e. The van der Waals surface area contributed by atoms with Crippen molar-refractivity contribution < 1.29 is 19.5 Å². The highest BCUT2D eigenvalue weighted by atomic mass is 32.2. The zero-order valence-electron chi connectivity index (χ0n) is 19.8. The molecule has 3 aliphatic heterocycles. The van der Waals surface area contributed by atoms with E-state index in [-0.39, 0.29) is 18.0 Å². The normalized spacial score (nSPS) is 20.7.